The van der Waals surface area contributed by atoms with Crippen LogP contribution in [0.5, 0.6) is 0 Å². The normalized spacial score (nSPS) is 11.4. The van der Waals surface area contributed by atoms with Crippen molar-refractivity contribution < 1.29 is 4.52 Å². The molecule has 0 amide bonds. The first-order valence-corrected chi connectivity index (χ1v) is 9.59. The minimum absolute atomic E-state index is 0. The molecule has 0 spiro atoms. The lowest BCUT2D eigenvalue weighted by molar-refractivity contribution is 0.372. The number of imidazole rings is 1. The zero-order valence-corrected chi connectivity index (χ0v) is 19.5. The molecule has 0 radical (unpaired) electrons. The highest BCUT2D eigenvalue weighted by atomic mass is 127. The van der Waals surface area contributed by atoms with Crippen molar-refractivity contribution >= 4 is 29.9 Å². The van der Waals surface area contributed by atoms with Crippen LogP contribution in [0.3, 0.4) is 0 Å². The number of nitrogens with one attached hydrogen (secondary N) is 2. The van der Waals surface area contributed by atoms with Crippen LogP contribution in [-0.2, 0) is 19.5 Å². The summed E-state index contributed by atoms with van der Waals surface area (Å²) in [6.07, 6.45) is 4.67. The lowest BCUT2D eigenvalue weighted by Gasteiger charge is -2.12. The Balaban J connectivity index is 0.00000300. The summed E-state index contributed by atoms with van der Waals surface area (Å²) in [5.74, 6) is 2.92. The maximum Gasteiger partial charge on any atom is 0.191 e. The van der Waals surface area contributed by atoms with Gasteiger partial charge in [-0.2, -0.15) is 0 Å². The van der Waals surface area contributed by atoms with E-state index in [1.54, 1.807) is 7.05 Å². The van der Waals surface area contributed by atoms with Crippen LogP contribution in [0, 0.1) is 0 Å². The first-order valence-electron chi connectivity index (χ1n) is 9.59. The van der Waals surface area contributed by atoms with Gasteiger partial charge in [-0.1, -0.05) is 49.3 Å². The Morgan fingerprint density at radius 2 is 2.00 bits per heavy atom. The molecule has 0 bridgehead atoms. The quantitative estimate of drug-likeness (QED) is 0.276. The van der Waals surface area contributed by atoms with E-state index >= 15 is 0 Å². The molecular weight excluding hydrogens is 479 g/mol. The van der Waals surface area contributed by atoms with Crippen molar-refractivity contribution in [3.8, 4) is 0 Å². The van der Waals surface area contributed by atoms with E-state index in [9.17, 15) is 0 Å². The van der Waals surface area contributed by atoms with E-state index < -0.39 is 0 Å². The standard InChI is InChI=1S/C21H28N6O.HI/c1-16(2)19-13-18(28-26-19)14-25-21(22-3)24-10-9-20-23-11-12-27(20)15-17-7-5-4-6-8-17;/h4-8,11-13,16H,9-10,14-15H2,1-3H3,(H2,22,24,25);1H. The summed E-state index contributed by atoms with van der Waals surface area (Å²) >= 11 is 0. The van der Waals surface area contributed by atoms with E-state index in [1.165, 1.54) is 5.56 Å². The number of halogens is 1. The fourth-order valence-electron chi connectivity index (χ4n) is 2.86. The predicted molar refractivity (Wildman–Crippen MR) is 126 cm³/mol. The van der Waals surface area contributed by atoms with Gasteiger partial charge in [0.25, 0.3) is 0 Å². The molecule has 0 atom stereocenters. The number of hydrogen-bond donors (Lipinski definition) is 2. The lowest BCUT2D eigenvalue weighted by atomic mass is 10.1. The Bertz CT molecular complexity index is 887. The van der Waals surface area contributed by atoms with Gasteiger partial charge in [-0.05, 0) is 11.5 Å². The third-order valence-electron chi connectivity index (χ3n) is 4.46. The molecule has 2 aromatic heterocycles. The molecule has 0 fully saturated rings. The minimum Gasteiger partial charge on any atom is -0.359 e. The molecule has 2 heterocycles. The van der Waals surface area contributed by atoms with Gasteiger partial charge in [0.2, 0.25) is 0 Å². The van der Waals surface area contributed by atoms with Gasteiger partial charge in [0.15, 0.2) is 11.7 Å². The maximum absolute atomic E-state index is 5.35. The van der Waals surface area contributed by atoms with Gasteiger partial charge in [-0.3, -0.25) is 4.99 Å². The smallest absolute Gasteiger partial charge is 0.191 e. The fourth-order valence-corrected chi connectivity index (χ4v) is 2.86. The number of aromatic nitrogens is 3. The summed E-state index contributed by atoms with van der Waals surface area (Å²) in [6, 6.07) is 12.4. The third-order valence-corrected chi connectivity index (χ3v) is 4.46. The van der Waals surface area contributed by atoms with E-state index in [0.717, 1.165) is 42.7 Å². The number of aliphatic imine (C=N–C) groups is 1. The van der Waals surface area contributed by atoms with Gasteiger partial charge in [-0.25, -0.2) is 4.98 Å². The second kappa shape index (κ2) is 11.6. The summed E-state index contributed by atoms with van der Waals surface area (Å²) in [5, 5.41) is 10.6. The van der Waals surface area contributed by atoms with Crippen molar-refractivity contribution in [2.45, 2.75) is 39.3 Å². The second-order valence-electron chi connectivity index (χ2n) is 6.93. The fraction of sp³-hybridized carbons (Fsp3) is 0.381. The van der Waals surface area contributed by atoms with Crippen LogP contribution in [0.1, 0.15) is 42.6 Å². The van der Waals surface area contributed by atoms with Gasteiger partial charge < -0.3 is 19.7 Å². The summed E-state index contributed by atoms with van der Waals surface area (Å²) in [5.41, 5.74) is 2.23. The Hall–Kier alpha value is -2.36. The molecule has 7 nitrogen and oxygen atoms in total. The molecular formula is C21H29IN6O. The second-order valence-corrected chi connectivity index (χ2v) is 6.93. The molecule has 0 saturated heterocycles. The Morgan fingerprint density at radius 3 is 2.69 bits per heavy atom. The van der Waals surface area contributed by atoms with E-state index in [4.69, 9.17) is 4.52 Å². The van der Waals surface area contributed by atoms with Gasteiger partial charge >= 0.3 is 0 Å². The zero-order valence-electron chi connectivity index (χ0n) is 17.1. The molecule has 8 heteroatoms. The molecule has 29 heavy (non-hydrogen) atoms. The molecule has 0 aliphatic heterocycles. The van der Waals surface area contributed by atoms with Crippen LogP contribution >= 0.6 is 24.0 Å². The van der Waals surface area contributed by atoms with E-state index in [0.29, 0.717) is 12.5 Å². The highest BCUT2D eigenvalue weighted by Crippen LogP contribution is 2.13. The summed E-state index contributed by atoms with van der Waals surface area (Å²) in [6.45, 7) is 6.29. The van der Waals surface area contributed by atoms with E-state index in [1.807, 2.05) is 24.5 Å². The Morgan fingerprint density at radius 1 is 1.21 bits per heavy atom. The van der Waals surface area contributed by atoms with Crippen LogP contribution < -0.4 is 10.6 Å². The van der Waals surface area contributed by atoms with Gasteiger partial charge in [-0.15, -0.1) is 24.0 Å². The monoisotopic (exact) mass is 508 g/mol. The molecule has 0 aliphatic carbocycles. The summed E-state index contributed by atoms with van der Waals surface area (Å²) < 4.78 is 7.52. The van der Waals surface area contributed by atoms with Gasteiger partial charge in [0.1, 0.15) is 5.82 Å². The van der Waals surface area contributed by atoms with Crippen molar-refractivity contribution in [2.75, 3.05) is 13.6 Å². The van der Waals surface area contributed by atoms with Crippen molar-refractivity contribution in [3.63, 3.8) is 0 Å². The highest BCUT2D eigenvalue weighted by molar-refractivity contribution is 14.0. The van der Waals surface area contributed by atoms with Gasteiger partial charge in [0, 0.05) is 45.0 Å². The van der Waals surface area contributed by atoms with Crippen LogP contribution in [0.15, 0.2) is 58.3 Å². The summed E-state index contributed by atoms with van der Waals surface area (Å²) in [7, 11) is 1.76. The maximum atomic E-state index is 5.35. The average Bonchev–Trinajstić information content (AvgIpc) is 3.35. The molecule has 2 N–H and O–H groups in total. The predicted octanol–water partition coefficient (Wildman–Crippen LogP) is 3.57. The minimum atomic E-state index is 0. The average molecular weight is 508 g/mol. The molecule has 0 aliphatic rings. The number of rotatable bonds is 8. The topological polar surface area (TPSA) is 80.3 Å². The number of guanidine groups is 1. The van der Waals surface area contributed by atoms with E-state index in [-0.39, 0.29) is 24.0 Å². The first kappa shape index (κ1) is 22.9. The molecule has 3 aromatic rings. The SMILES string of the molecule is CN=C(NCCc1nccn1Cc1ccccc1)NCc1cc(C(C)C)no1.I. The molecule has 156 valence electrons. The molecule has 0 saturated carbocycles. The highest BCUT2D eigenvalue weighted by Gasteiger charge is 2.09. The Kier molecular flexibility index (Phi) is 9.17. The molecule has 3 rings (SSSR count). The van der Waals surface area contributed by atoms with Crippen molar-refractivity contribution in [1.82, 2.24) is 25.3 Å². The number of benzene rings is 1. The third kappa shape index (κ3) is 6.88. The molecule has 1 aromatic carbocycles. The van der Waals surface area contributed by atoms with Crippen molar-refractivity contribution in [1.29, 1.82) is 0 Å². The van der Waals surface area contributed by atoms with Crippen LogP contribution in [0.2, 0.25) is 0 Å². The van der Waals surface area contributed by atoms with Gasteiger partial charge in [0.05, 0.1) is 12.2 Å². The number of hydrogen-bond acceptors (Lipinski definition) is 4. The number of nitrogens with zero attached hydrogens (tertiary/aromatic N) is 4. The van der Waals surface area contributed by atoms with E-state index in [2.05, 4.69) is 68.4 Å². The Labute approximate surface area is 189 Å². The van der Waals surface area contributed by atoms with Crippen LogP contribution in [0.25, 0.3) is 0 Å². The lowest BCUT2D eigenvalue weighted by Crippen LogP contribution is -2.38. The van der Waals surface area contributed by atoms with Crippen molar-refractivity contribution in [2.24, 2.45) is 4.99 Å². The zero-order chi connectivity index (χ0) is 19.8. The summed E-state index contributed by atoms with van der Waals surface area (Å²) in [4.78, 5) is 8.75. The largest absolute Gasteiger partial charge is 0.359 e. The van der Waals surface area contributed by atoms with Crippen LogP contribution in [-0.4, -0.2) is 34.3 Å². The van der Waals surface area contributed by atoms with Crippen molar-refractivity contribution in [3.05, 3.63) is 71.6 Å². The van der Waals surface area contributed by atoms with Crippen LogP contribution in [0.4, 0.5) is 0 Å². The molecule has 0 unspecified atom stereocenters. The first-order chi connectivity index (χ1) is 13.7.